The van der Waals surface area contributed by atoms with Crippen molar-refractivity contribution in [2.75, 3.05) is 19.7 Å². The van der Waals surface area contributed by atoms with Crippen molar-refractivity contribution < 1.29 is 19.0 Å². The van der Waals surface area contributed by atoms with Gasteiger partial charge in [0.15, 0.2) is 0 Å². The molecule has 1 atom stereocenters. The summed E-state index contributed by atoms with van der Waals surface area (Å²) in [5.41, 5.74) is -0.631. The molecular weight excluding hydrogens is 357 g/mol. The fourth-order valence-corrected chi connectivity index (χ4v) is 3.25. The van der Waals surface area contributed by atoms with Crippen molar-refractivity contribution in [3.05, 3.63) is 64.9 Å². The Morgan fingerprint density at radius 1 is 1.19 bits per heavy atom. The molecule has 1 N–H and O–H groups in total. The maximum Gasteiger partial charge on any atom is 0.253 e. The Morgan fingerprint density at radius 2 is 1.96 bits per heavy atom. The van der Waals surface area contributed by atoms with Gasteiger partial charge in [-0.05, 0) is 49.6 Å². The standard InChI is InChI=1S/C20H21ClFNO3/c21-17-13-15(7-8-18(17)22)19(24)23-11-4-9-20(25,10-12-23)14-26-16-5-2-1-3-6-16/h1-3,5-8,13,25H,4,9-12,14H2. The first-order valence-electron chi connectivity index (χ1n) is 8.61. The molecule has 2 aromatic carbocycles. The minimum Gasteiger partial charge on any atom is -0.491 e. The number of carbonyl (C=O) groups is 1. The molecule has 0 spiro atoms. The van der Waals surface area contributed by atoms with Crippen molar-refractivity contribution in [2.45, 2.75) is 24.9 Å². The Labute approximate surface area is 157 Å². The van der Waals surface area contributed by atoms with Crippen LogP contribution in [0.25, 0.3) is 0 Å². The zero-order valence-corrected chi connectivity index (χ0v) is 15.1. The third kappa shape index (κ3) is 4.54. The molecule has 0 radical (unpaired) electrons. The number of aliphatic hydroxyl groups is 1. The van der Waals surface area contributed by atoms with Gasteiger partial charge in [-0.25, -0.2) is 4.39 Å². The van der Waals surface area contributed by atoms with E-state index in [2.05, 4.69) is 0 Å². The molecule has 1 aliphatic heterocycles. The summed E-state index contributed by atoms with van der Waals surface area (Å²) in [7, 11) is 0. The Morgan fingerprint density at radius 3 is 2.69 bits per heavy atom. The number of rotatable bonds is 4. The van der Waals surface area contributed by atoms with Gasteiger partial charge in [0, 0.05) is 18.7 Å². The first-order chi connectivity index (χ1) is 12.5. The van der Waals surface area contributed by atoms with Gasteiger partial charge in [0.1, 0.15) is 23.8 Å². The third-order valence-corrected chi connectivity index (χ3v) is 4.91. The number of para-hydroxylation sites is 1. The van der Waals surface area contributed by atoms with Crippen LogP contribution in [0.15, 0.2) is 48.5 Å². The largest absolute Gasteiger partial charge is 0.491 e. The second-order valence-corrected chi connectivity index (χ2v) is 7.01. The lowest BCUT2D eigenvalue weighted by atomic mass is 9.96. The minimum absolute atomic E-state index is 0.0709. The fraction of sp³-hybridized carbons (Fsp3) is 0.350. The molecule has 0 aliphatic carbocycles. The molecule has 1 amide bonds. The molecule has 1 heterocycles. The lowest BCUT2D eigenvalue weighted by Gasteiger charge is -2.27. The fourth-order valence-electron chi connectivity index (χ4n) is 3.07. The van der Waals surface area contributed by atoms with E-state index < -0.39 is 11.4 Å². The number of ether oxygens (including phenoxy) is 1. The highest BCUT2D eigenvalue weighted by Crippen LogP contribution is 2.25. The second kappa shape index (κ2) is 8.06. The van der Waals surface area contributed by atoms with Crippen LogP contribution in [0.1, 0.15) is 29.6 Å². The van der Waals surface area contributed by atoms with E-state index in [-0.39, 0.29) is 17.5 Å². The van der Waals surface area contributed by atoms with Crippen LogP contribution in [0.5, 0.6) is 5.75 Å². The SMILES string of the molecule is O=C(c1ccc(F)c(Cl)c1)N1CCCC(O)(COc2ccccc2)CC1. The highest BCUT2D eigenvalue weighted by Gasteiger charge is 2.32. The number of benzene rings is 2. The van der Waals surface area contributed by atoms with E-state index >= 15 is 0 Å². The van der Waals surface area contributed by atoms with E-state index in [1.54, 1.807) is 4.90 Å². The first-order valence-corrected chi connectivity index (χ1v) is 8.99. The van der Waals surface area contributed by atoms with Crippen molar-refractivity contribution in [2.24, 2.45) is 0 Å². The number of hydrogen-bond acceptors (Lipinski definition) is 3. The molecule has 1 fully saturated rings. The van der Waals surface area contributed by atoms with Gasteiger partial charge in [-0.3, -0.25) is 4.79 Å². The predicted octanol–water partition coefficient (Wildman–Crippen LogP) is 3.92. The van der Waals surface area contributed by atoms with E-state index in [4.69, 9.17) is 16.3 Å². The molecule has 0 bridgehead atoms. The van der Waals surface area contributed by atoms with Gasteiger partial charge in [0.2, 0.25) is 0 Å². The molecule has 1 aliphatic rings. The van der Waals surface area contributed by atoms with E-state index in [0.717, 1.165) is 0 Å². The van der Waals surface area contributed by atoms with Crippen molar-refractivity contribution in [1.29, 1.82) is 0 Å². The van der Waals surface area contributed by atoms with Crippen molar-refractivity contribution in [3.8, 4) is 5.75 Å². The number of halogens is 2. The van der Waals surface area contributed by atoms with Crippen LogP contribution in [0.4, 0.5) is 4.39 Å². The van der Waals surface area contributed by atoms with Crippen LogP contribution < -0.4 is 4.74 Å². The van der Waals surface area contributed by atoms with E-state index in [1.807, 2.05) is 30.3 Å². The molecule has 26 heavy (non-hydrogen) atoms. The van der Waals surface area contributed by atoms with Gasteiger partial charge >= 0.3 is 0 Å². The van der Waals surface area contributed by atoms with Gasteiger partial charge in [-0.15, -0.1) is 0 Å². The van der Waals surface area contributed by atoms with Crippen LogP contribution in [0, 0.1) is 5.82 Å². The Kier molecular flexibility index (Phi) is 5.79. The average molecular weight is 378 g/mol. The van der Waals surface area contributed by atoms with Crippen molar-refractivity contribution in [3.63, 3.8) is 0 Å². The normalized spacial score (nSPS) is 20.5. The van der Waals surface area contributed by atoms with Crippen LogP contribution in [-0.2, 0) is 0 Å². The van der Waals surface area contributed by atoms with Crippen LogP contribution in [0.3, 0.4) is 0 Å². The Hall–Kier alpha value is -2.11. The van der Waals surface area contributed by atoms with Crippen LogP contribution in [-0.4, -0.2) is 41.2 Å². The quantitative estimate of drug-likeness (QED) is 0.878. The summed E-state index contributed by atoms with van der Waals surface area (Å²) >= 11 is 5.77. The topological polar surface area (TPSA) is 49.8 Å². The summed E-state index contributed by atoms with van der Waals surface area (Å²) in [6.45, 7) is 1.12. The van der Waals surface area contributed by atoms with E-state index in [1.165, 1.54) is 18.2 Å². The molecule has 3 rings (SSSR count). The second-order valence-electron chi connectivity index (χ2n) is 6.60. The number of hydrogen-bond donors (Lipinski definition) is 1. The number of likely N-dealkylation sites (tertiary alicyclic amines) is 1. The summed E-state index contributed by atoms with van der Waals surface area (Å²) in [6, 6.07) is 13.3. The number of nitrogens with zero attached hydrogens (tertiary/aromatic N) is 1. The zero-order valence-electron chi connectivity index (χ0n) is 14.3. The van der Waals surface area contributed by atoms with Gasteiger partial charge in [0.05, 0.1) is 5.02 Å². The third-order valence-electron chi connectivity index (χ3n) is 4.62. The maximum absolute atomic E-state index is 13.3. The molecule has 0 saturated carbocycles. The van der Waals surface area contributed by atoms with E-state index in [9.17, 15) is 14.3 Å². The Bertz CT molecular complexity index is 771. The lowest BCUT2D eigenvalue weighted by molar-refractivity contribution is -0.0163. The van der Waals surface area contributed by atoms with Crippen LogP contribution >= 0.6 is 11.6 Å². The van der Waals surface area contributed by atoms with Crippen LogP contribution in [0.2, 0.25) is 5.02 Å². The molecule has 6 heteroatoms. The Balaban J connectivity index is 1.61. The highest BCUT2D eigenvalue weighted by molar-refractivity contribution is 6.31. The van der Waals surface area contributed by atoms with Gasteiger partial charge in [-0.2, -0.15) is 0 Å². The maximum atomic E-state index is 13.3. The molecule has 0 aromatic heterocycles. The zero-order chi connectivity index (χ0) is 18.6. The smallest absolute Gasteiger partial charge is 0.253 e. The minimum atomic E-state index is -0.981. The summed E-state index contributed by atoms with van der Waals surface area (Å²) < 4.78 is 19.0. The average Bonchev–Trinajstić information content (AvgIpc) is 2.85. The van der Waals surface area contributed by atoms with Gasteiger partial charge in [0.25, 0.3) is 5.91 Å². The summed E-state index contributed by atoms with van der Waals surface area (Å²) in [4.78, 5) is 14.3. The molecule has 138 valence electrons. The molecular formula is C20H21ClFNO3. The molecule has 1 saturated heterocycles. The molecule has 2 aromatic rings. The highest BCUT2D eigenvalue weighted by atomic mass is 35.5. The van der Waals surface area contributed by atoms with E-state index in [0.29, 0.717) is 43.7 Å². The number of amides is 1. The van der Waals surface area contributed by atoms with Crippen molar-refractivity contribution >= 4 is 17.5 Å². The summed E-state index contributed by atoms with van der Waals surface area (Å²) in [5.74, 6) is -0.0503. The summed E-state index contributed by atoms with van der Waals surface area (Å²) in [5, 5.41) is 10.8. The first kappa shape index (κ1) is 18.7. The predicted molar refractivity (Wildman–Crippen MR) is 98.1 cm³/mol. The summed E-state index contributed by atoms with van der Waals surface area (Å²) in [6.07, 6.45) is 1.63. The molecule has 1 unspecified atom stereocenters. The number of carbonyl (C=O) groups excluding carboxylic acids is 1. The van der Waals surface area contributed by atoms with Crippen molar-refractivity contribution in [1.82, 2.24) is 4.90 Å². The lowest BCUT2D eigenvalue weighted by Crippen LogP contribution is -2.38. The monoisotopic (exact) mass is 377 g/mol. The van der Waals surface area contributed by atoms with Gasteiger partial charge in [-0.1, -0.05) is 29.8 Å². The molecule has 4 nitrogen and oxygen atoms in total. The van der Waals surface area contributed by atoms with Gasteiger partial charge < -0.3 is 14.7 Å².